The van der Waals surface area contributed by atoms with E-state index < -0.39 is 19.1 Å². The van der Waals surface area contributed by atoms with Crippen LogP contribution in [0.4, 0.5) is 8.78 Å². The number of carbonyl (C=O) groups excluding carboxylic acids is 2. The lowest BCUT2D eigenvalue weighted by molar-refractivity contribution is -0.127. The summed E-state index contributed by atoms with van der Waals surface area (Å²) in [5.41, 5.74) is 6.59. The molecule has 0 saturated heterocycles. The summed E-state index contributed by atoms with van der Waals surface area (Å²) in [6.07, 6.45) is 5.39. The number of aromatic nitrogens is 1. The van der Waals surface area contributed by atoms with Crippen LogP contribution in [-0.4, -0.2) is 47.5 Å². The summed E-state index contributed by atoms with van der Waals surface area (Å²) in [5.74, 6) is -0.486. The Kier molecular flexibility index (Phi) is 7.37. The van der Waals surface area contributed by atoms with Gasteiger partial charge in [0, 0.05) is 29.5 Å². The number of hydrogen-bond acceptors (Lipinski definition) is 5. The van der Waals surface area contributed by atoms with Crippen LogP contribution in [-0.2, 0) is 9.59 Å². The molecule has 10 heteroatoms. The lowest BCUT2D eigenvalue weighted by Crippen LogP contribution is -2.31. The fourth-order valence-electron chi connectivity index (χ4n) is 3.49. The van der Waals surface area contributed by atoms with Crippen molar-refractivity contribution in [3.05, 3.63) is 46.3 Å². The van der Waals surface area contributed by atoms with E-state index in [1.54, 1.807) is 11.8 Å². The Hall–Kier alpha value is -2.81. The van der Waals surface area contributed by atoms with E-state index in [0.717, 1.165) is 25.6 Å². The van der Waals surface area contributed by atoms with Gasteiger partial charge >= 0.3 is 0 Å². The van der Waals surface area contributed by atoms with Crippen LogP contribution >= 0.6 is 11.6 Å². The number of rotatable bonds is 9. The van der Waals surface area contributed by atoms with E-state index in [2.05, 4.69) is 9.98 Å². The van der Waals surface area contributed by atoms with Crippen molar-refractivity contribution < 1.29 is 23.1 Å². The zero-order valence-corrected chi connectivity index (χ0v) is 17.7. The molecule has 1 fully saturated rings. The molecule has 0 bridgehead atoms. The van der Waals surface area contributed by atoms with Crippen LogP contribution in [0.1, 0.15) is 37.8 Å². The first kappa shape index (κ1) is 22.9. The number of hydrogen-bond donors (Lipinski definition) is 1. The van der Waals surface area contributed by atoms with Gasteiger partial charge in [0.2, 0.25) is 5.88 Å². The Morgan fingerprint density at radius 1 is 1.48 bits per heavy atom. The highest BCUT2D eigenvalue weighted by Gasteiger charge is 2.39. The molecule has 2 aliphatic rings. The average Bonchev–Trinajstić information content (AvgIpc) is 3.01. The molecular formula is C21H23ClF2N4O3. The third-order valence-corrected chi connectivity index (χ3v) is 5.73. The maximum absolute atomic E-state index is 13.1. The van der Waals surface area contributed by atoms with Gasteiger partial charge in [-0.3, -0.25) is 9.59 Å². The number of halogens is 3. The third-order valence-electron chi connectivity index (χ3n) is 5.46. The van der Waals surface area contributed by atoms with Crippen LogP contribution in [0.5, 0.6) is 5.88 Å². The van der Waals surface area contributed by atoms with Gasteiger partial charge in [0.05, 0.1) is 18.9 Å². The molecule has 1 aromatic heterocycles. The zero-order valence-electron chi connectivity index (χ0n) is 16.9. The summed E-state index contributed by atoms with van der Waals surface area (Å²) in [7, 11) is 0. The van der Waals surface area contributed by atoms with Crippen LogP contribution in [0.25, 0.3) is 0 Å². The molecule has 2 heterocycles. The first-order valence-corrected chi connectivity index (χ1v) is 10.3. The van der Waals surface area contributed by atoms with Crippen LogP contribution in [0.3, 0.4) is 0 Å². The summed E-state index contributed by atoms with van der Waals surface area (Å²) < 4.78 is 29.6. The summed E-state index contributed by atoms with van der Waals surface area (Å²) in [6.45, 7) is 1.12. The molecule has 1 saturated carbocycles. The highest BCUT2D eigenvalue weighted by Crippen LogP contribution is 2.36. The van der Waals surface area contributed by atoms with Gasteiger partial charge in [-0.1, -0.05) is 18.0 Å². The van der Waals surface area contributed by atoms with Gasteiger partial charge in [-0.15, -0.1) is 0 Å². The molecular weight excluding hydrogens is 430 g/mol. The minimum atomic E-state index is -2.65. The minimum Gasteiger partial charge on any atom is -0.471 e. The number of ether oxygens (including phenoxy) is 1. The third kappa shape index (κ3) is 5.10. The topological polar surface area (TPSA) is 97.9 Å². The van der Waals surface area contributed by atoms with E-state index in [-0.39, 0.29) is 35.1 Å². The molecule has 1 aliphatic heterocycles. The Balaban J connectivity index is 1.82. The zero-order chi connectivity index (χ0) is 22.5. The average molecular weight is 453 g/mol. The van der Waals surface area contributed by atoms with Crippen molar-refractivity contribution in [2.75, 3.05) is 13.2 Å². The number of aliphatic imine (C=N–C) groups is 1. The van der Waals surface area contributed by atoms with Gasteiger partial charge in [-0.25, -0.2) is 18.8 Å². The maximum atomic E-state index is 13.1. The summed E-state index contributed by atoms with van der Waals surface area (Å²) in [6, 6.07) is 1.06. The quantitative estimate of drug-likeness (QED) is 0.457. The Labute approximate surface area is 183 Å². The first-order valence-electron chi connectivity index (χ1n) is 9.88. The molecule has 0 radical (unpaired) electrons. The highest BCUT2D eigenvalue weighted by molar-refractivity contribution is 6.31. The molecule has 1 atom stereocenters. The van der Waals surface area contributed by atoms with E-state index in [1.807, 2.05) is 0 Å². The second-order valence-corrected chi connectivity index (χ2v) is 7.77. The fourth-order valence-corrected chi connectivity index (χ4v) is 3.72. The molecule has 166 valence electrons. The lowest BCUT2D eigenvalue weighted by atomic mass is 9.79. The van der Waals surface area contributed by atoms with Gasteiger partial charge in [-0.05, 0) is 37.5 Å². The first-order chi connectivity index (χ1) is 14.8. The maximum Gasteiger partial charge on any atom is 0.272 e. The van der Waals surface area contributed by atoms with Crippen LogP contribution in [0.2, 0.25) is 5.02 Å². The summed E-state index contributed by atoms with van der Waals surface area (Å²) in [5, 5.41) is 0.0628. The summed E-state index contributed by atoms with van der Waals surface area (Å²) >= 11 is 6.12. The van der Waals surface area contributed by atoms with Gasteiger partial charge in [0.25, 0.3) is 12.3 Å². The molecule has 2 N–H and O–H groups in total. The van der Waals surface area contributed by atoms with Crippen molar-refractivity contribution in [3.8, 4) is 5.88 Å². The number of amides is 1. The second kappa shape index (κ2) is 10.00. The molecule has 1 unspecified atom stereocenters. The Morgan fingerprint density at radius 2 is 2.23 bits per heavy atom. The number of alkyl halides is 2. The van der Waals surface area contributed by atoms with E-state index in [9.17, 15) is 18.4 Å². The molecule has 1 aromatic rings. The standard InChI is InChI=1S/C21H23ClF2N4O3/c1-12(14-7-17(22)20(27-8-14)31-10-18(23)24)28-9-16(19(29)13-3-2-4-13)15(21(28)30)5-6-26-11-25/h5-8,11-13,18H,2-4,9-10H2,1H3,(H2,25,26)/b6-5-. The number of nitrogens with two attached hydrogens (primary N) is 1. The SMILES string of the molecule is CC(c1cnc(OCC(F)F)c(Cl)c1)N1CC(C(=O)C2CCC2)=C(/C=C\N=CN)C1=O. The van der Waals surface area contributed by atoms with E-state index in [0.29, 0.717) is 16.7 Å². The van der Waals surface area contributed by atoms with Gasteiger partial charge in [-0.2, -0.15) is 0 Å². The van der Waals surface area contributed by atoms with Crippen molar-refractivity contribution in [3.63, 3.8) is 0 Å². The smallest absolute Gasteiger partial charge is 0.272 e. The Bertz CT molecular complexity index is 945. The molecule has 0 spiro atoms. The van der Waals surface area contributed by atoms with E-state index in [4.69, 9.17) is 22.1 Å². The van der Waals surface area contributed by atoms with Gasteiger partial charge in [0.1, 0.15) is 5.02 Å². The highest BCUT2D eigenvalue weighted by atomic mass is 35.5. The van der Waals surface area contributed by atoms with Crippen molar-refractivity contribution in [1.82, 2.24) is 9.88 Å². The fraction of sp³-hybridized carbons (Fsp3) is 0.429. The summed E-state index contributed by atoms with van der Waals surface area (Å²) in [4.78, 5) is 35.3. The lowest BCUT2D eigenvalue weighted by Gasteiger charge is -2.27. The van der Waals surface area contributed by atoms with Gasteiger partial charge < -0.3 is 15.4 Å². The predicted molar refractivity (Wildman–Crippen MR) is 112 cm³/mol. The minimum absolute atomic E-state index is 0.0161. The van der Waals surface area contributed by atoms with Crippen molar-refractivity contribution >= 4 is 29.6 Å². The number of carbonyl (C=O) groups is 2. The second-order valence-electron chi connectivity index (χ2n) is 7.36. The van der Waals surface area contributed by atoms with E-state index >= 15 is 0 Å². The van der Waals surface area contributed by atoms with Gasteiger partial charge in [0.15, 0.2) is 12.4 Å². The van der Waals surface area contributed by atoms with E-state index in [1.165, 1.54) is 24.5 Å². The predicted octanol–water partition coefficient (Wildman–Crippen LogP) is 3.45. The van der Waals surface area contributed by atoms with Crippen molar-refractivity contribution in [2.45, 2.75) is 38.7 Å². The number of pyridine rings is 1. The van der Waals surface area contributed by atoms with Crippen LogP contribution in [0.15, 0.2) is 40.7 Å². The number of nitrogens with zero attached hydrogens (tertiary/aromatic N) is 3. The number of Topliss-reactive ketones (excluding diaryl/α,β-unsaturated/α-hetero) is 1. The monoisotopic (exact) mass is 452 g/mol. The molecule has 31 heavy (non-hydrogen) atoms. The molecule has 3 rings (SSSR count). The van der Waals surface area contributed by atoms with Crippen molar-refractivity contribution in [1.29, 1.82) is 0 Å². The molecule has 1 aliphatic carbocycles. The van der Waals surface area contributed by atoms with Crippen LogP contribution < -0.4 is 10.5 Å². The molecule has 7 nitrogen and oxygen atoms in total. The normalized spacial score (nSPS) is 18.5. The molecule has 0 aromatic carbocycles. The largest absolute Gasteiger partial charge is 0.471 e. The molecule has 1 amide bonds. The Morgan fingerprint density at radius 3 is 2.81 bits per heavy atom. The number of ketones is 1. The van der Waals surface area contributed by atoms with Crippen LogP contribution in [0, 0.1) is 5.92 Å². The van der Waals surface area contributed by atoms with Crippen molar-refractivity contribution in [2.24, 2.45) is 16.6 Å².